The van der Waals surface area contributed by atoms with E-state index < -0.39 is 0 Å². The molecule has 0 saturated carbocycles. The van der Waals surface area contributed by atoms with Crippen LogP contribution < -0.4 is 5.32 Å². The highest BCUT2D eigenvalue weighted by molar-refractivity contribution is 6.30. The quantitative estimate of drug-likeness (QED) is 0.901. The average Bonchev–Trinajstić information content (AvgIpc) is 2.39. The molecule has 1 aromatic carbocycles. The molecule has 0 bridgehead atoms. The van der Waals surface area contributed by atoms with Gasteiger partial charge in [-0.15, -0.1) is 0 Å². The van der Waals surface area contributed by atoms with Crippen LogP contribution in [0.2, 0.25) is 5.02 Å². The number of benzene rings is 1. The predicted octanol–water partition coefficient (Wildman–Crippen LogP) is 2.89. The van der Waals surface area contributed by atoms with Crippen LogP contribution in [0.4, 0.5) is 5.95 Å². The third kappa shape index (κ3) is 3.68. The van der Waals surface area contributed by atoms with E-state index in [2.05, 4.69) is 21.4 Å². The zero-order valence-electron chi connectivity index (χ0n) is 10.1. The lowest BCUT2D eigenvalue weighted by atomic mass is 10.1. The maximum absolute atomic E-state index is 5.72. The van der Waals surface area contributed by atoms with Crippen molar-refractivity contribution >= 4 is 17.5 Å². The fraction of sp³-hybridized carbons (Fsp3) is 0.231. The third-order valence-corrected chi connectivity index (χ3v) is 2.57. The topological polar surface area (TPSA) is 47.0 Å². The molecule has 1 aromatic heterocycles. The van der Waals surface area contributed by atoms with E-state index in [0.717, 1.165) is 11.1 Å². The summed E-state index contributed by atoms with van der Waals surface area (Å²) in [5.41, 5.74) is 2.30. The monoisotopic (exact) mass is 263 g/mol. The summed E-state index contributed by atoms with van der Waals surface area (Å²) in [5.74, 6) is 0.566. The summed E-state index contributed by atoms with van der Waals surface area (Å²) in [4.78, 5) is 8.15. The van der Waals surface area contributed by atoms with Crippen LogP contribution in [0.25, 0.3) is 0 Å². The van der Waals surface area contributed by atoms with Crippen molar-refractivity contribution < 1.29 is 4.74 Å². The largest absolute Gasteiger partial charge is 0.380 e. The minimum absolute atomic E-state index is 0.530. The van der Waals surface area contributed by atoms with Crippen LogP contribution >= 0.6 is 11.6 Å². The number of methoxy groups -OCH3 is 1. The highest BCUT2D eigenvalue weighted by Crippen LogP contribution is 2.09. The van der Waals surface area contributed by atoms with Crippen LogP contribution in [0, 0.1) is 0 Å². The van der Waals surface area contributed by atoms with Gasteiger partial charge in [-0.3, -0.25) is 0 Å². The highest BCUT2D eigenvalue weighted by Gasteiger charge is 1.98. The molecule has 4 nitrogen and oxygen atoms in total. The number of ether oxygens (including phenoxy) is 1. The lowest BCUT2D eigenvalue weighted by Crippen LogP contribution is -2.03. The molecule has 0 aliphatic rings. The van der Waals surface area contributed by atoms with Gasteiger partial charge in [0.2, 0.25) is 5.95 Å². The fourth-order valence-corrected chi connectivity index (χ4v) is 1.68. The van der Waals surface area contributed by atoms with Crippen molar-refractivity contribution in [2.45, 2.75) is 13.2 Å². The third-order valence-electron chi connectivity index (χ3n) is 2.37. The number of rotatable bonds is 5. The summed E-state index contributed by atoms with van der Waals surface area (Å²) < 4.78 is 5.10. The van der Waals surface area contributed by atoms with Crippen LogP contribution in [0.15, 0.2) is 36.7 Å². The standard InChI is InChI=1S/C13H14ClN3O/c1-18-9-11-4-2-3-10(5-11)6-15-13-16-7-12(14)8-17-13/h2-5,7-8H,6,9H2,1H3,(H,15,16,17). The number of nitrogens with one attached hydrogen (secondary N) is 1. The maximum atomic E-state index is 5.72. The van der Waals surface area contributed by atoms with E-state index >= 15 is 0 Å². The zero-order valence-corrected chi connectivity index (χ0v) is 10.8. The summed E-state index contributed by atoms with van der Waals surface area (Å²) in [7, 11) is 1.69. The molecule has 18 heavy (non-hydrogen) atoms. The van der Waals surface area contributed by atoms with E-state index in [1.165, 1.54) is 0 Å². The van der Waals surface area contributed by atoms with Crippen LogP contribution in [0.3, 0.4) is 0 Å². The van der Waals surface area contributed by atoms with E-state index in [0.29, 0.717) is 24.1 Å². The second-order valence-electron chi connectivity index (χ2n) is 3.83. The van der Waals surface area contributed by atoms with Gasteiger partial charge in [0, 0.05) is 13.7 Å². The lowest BCUT2D eigenvalue weighted by Gasteiger charge is -2.06. The molecule has 0 saturated heterocycles. The molecule has 1 heterocycles. The smallest absolute Gasteiger partial charge is 0.222 e. The van der Waals surface area contributed by atoms with Gasteiger partial charge in [0.15, 0.2) is 0 Å². The number of anilines is 1. The average molecular weight is 264 g/mol. The lowest BCUT2D eigenvalue weighted by molar-refractivity contribution is 0.185. The van der Waals surface area contributed by atoms with Gasteiger partial charge in [0.25, 0.3) is 0 Å². The van der Waals surface area contributed by atoms with Crippen molar-refractivity contribution in [3.05, 3.63) is 52.8 Å². The SMILES string of the molecule is COCc1cccc(CNc2ncc(Cl)cn2)c1. The second kappa shape index (κ2) is 6.33. The van der Waals surface area contributed by atoms with Crippen LogP contribution in [0.1, 0.15) is 11.1 Å². The Morgan fingerprint density at radius 1 is 1.22 bits per heavy atom. The number of halogens is 1. The first-order valence-electron chi connectivity index (χ1n) is 5.56. The van der Waals surface area contributed by atoms with Crippen molar-refractivity contribution in [1.29, 1.82) is 0 Å². The predicted molar refractivity (Wildman–Crippen MR) is 71.5 cm³/mol. The first kappa shape index (κ1) is 12.8. The second-order valence-corrected chi connectivity index (χ2v) is 4.27. The number of nitrogens with zero attached hydrogens (tertiary/aromatic N) is 2. The highest BCUT2D eigenvalue weighted by atomic mass is 35.5. The maximum Gasteiger partial charge on any atom is 0.222 e. The Labute approximate surface area is 111 Å². The first-order valence-corrected chi connectivity index (χ1v) is 5.94. The van der Waals surface area contributed by atoms with Crippen molar-refractivity contribution in [1.82, 2.24) is 9.97 Å². The Bertz CT molecular complexity index is 502. The van der Waals surface area contributed by atoms with Gasteiger partial charge in [-0.2, -0.15) is 0 Å². The molecular weight excluding hydrogens is 250 g/mol. The minimum atomic E-state index is 0.530. The molecular formula is C13H14ClN3O. The Balaban J connectivity index is 1.97. The van der Waals surface area contributed by atoms with Gasteiger partial charge in [-0.05, 0) is 11.1 Å². The summed E-state index contributed by atoms with van der Waals surface area (Å²) in [6.45, 7) is 1.28. The van der Waals surface area contributed by atoms with Crippen LogP contribution in [-0.2, 0) is 17.9 Å². The van der Waals surface area contributed by atoms with Gasteiger partial charge in [0.05, 0.1) is 24.0 Å². The zero-order chi connectivity index (χ0) is 12.8. The van der Waals surface area contributed by atoms with Gasteiger partial charge in [-0.1, -0.05) is 35.9 Å². The first-order chi connectivity index (χ1) is 8.78. The van der Waals surface area contributed by atoms with Gasteiger partial charge < -0.3 is 10.1 Å². The molecule has 0 spiro atoms. The van der Waals surface area contributed by atoms with E-state index in [9.17, 15) is 0 Å². The summed E-state index contributed by atoms with van der Waals surface area (Å²) in [6.07, 6.45) is 3.14. The summed E-state index contributed by atoms with van der Waals surface area (Å²) in [5, 5.41) is 3.67. The molecule has 2 rings (SSSR count). The Kier molecular flexibility index (Phi) is 4.50. The Morgan fingerprint density at radius 3 is 2.67 bits per heavy atom. The number of hydrogen-bond acceptors (Lipinski definition) is 4. The van der Waals surface area contributed by atoms with Gasteiger partial charge >= 0.3 is 0 Å². The summed E-state index contributed by atoms with van der Waals surface area (Å²) >= 11 is 5.72. The minimum Gasteiger partial charge on any atom is -0.380 e. The molecule has 0 amide bonds. The van der Waals surface area contributed by atoms with Crippen LogP contribution in [0.5, 0.6) is 0 Å². The molecule has 94 valence electrons. The molecule has 0 radical (unpaired) electrons. The van der Waals surface area contributed by atoms with E-state index in [-0.39, 0.29) is 0 Å². The number of aromatic nitrogens is 2. The molecule has 0 fully saturated rings. The number of hydrogen-bond donors (Lipinski definition) is 1. The molecule has 0 unspecified atom stereocenters. The molecule has 0 atom stereocenters. The molecule has 1 N–H and O–H groups in total. The molecule has 0 aliphatic heterocycles. The van der Waals surface area contributed by atoms with Crippen molar-refractivity contribution in [2.75, 3.05) is 12.4 Å². The van der Waals surface area contributed by atoms with Gasteiger partial charge in [-0.25, -0.2) is 9.97 Å². The molecule has 5 heteroatoms. The van der Waals surface area contributed by atoms with Gasteiger partial charge in [0.1, 0.15) is 0 Å². The fourth-order valence-electron chi connectivity index (χ4n) is 1.58. The molecule has 0 aliphatic carbocycles. The van der Waals surface area contributed by atoms with Crippen molar-refractivity contribution in [3.63, 3.8) is 0 Å². The van der Waals surface area contributed by atoms with Crippen LogP contribution in [-0.4, -0.2) is 17.1 Å². The summed E-state index contributed by atoms with van der Waals surface area (Å²) in [6, 6.07) is 8.17. The molecule has 2 aromatic rings. The van der Waals surface area contributed by atoms with E-state index in [1.54, 1.807) is 19.5 Å². The van der Waals surface area contributed by atoms with Crippen molar-refractivity contribution in [2.24, 2.45) is 0 Å². The Hall–Kier alpha value is -1.65. The van der Waals surface area contributed by atoms with Crippen molar-refractivity contribution in [3.8, 4) is 0 Å². The normalized spacial score (nSPS) is 10.3. The van der Waals surface area contributed by atoms with E-state index in [1.807, 2.05) is 18.2 Å². The van der Waals surface area contributed by atoms with E-state index in [4.69, 9.17) is 16.3 Å². The Morgan fingerprint density at radius 2 is 1.94 bits per heavy atom.